The number of allylic oxidation sites excluding steroid dienone is 1. The van der Waals surface area contributed by atoms with Crippen LogP contribution in [0, 0.1) is 0 Å². The summed E-state index contributed by atoms with van der Waals surface area (Å²) in [4.78, 5) is 11.1. The minimum Gasteiger partial charge on any atom is -0.497 e. The summed E-state index contributed by atoms with van der Waals surface area (Å²) in [6.07, 6.45) is 2.73. The van der Waals surface area contributed by atoms with Gasteiger partial charge in [-0.25, -0.2) is 4.79 Å². The summed E-state index contributed by atoms with van der Waals surface area (Å²) < 4.78 is 10.5. The van der Waals surface area contributed by atoms with E-state index in [-0.39, 0.29) is 0 Å². The van der Waals surface area contributed by atoms with Crippen molar-refractivity contribution in [2.45, 2.75) is 12.8 Å². The molecule has 3 rings (SSSR count). The summed E-state index contributed by atoms with van der Waals surface area (Å²) >= 11 is 0. The van der Waals surface area contributed by atoms with Gasteiger partial charge < -0.3 is 14.6 Å². The molecular formula is C19H19NO4. The van der Waals surface area contributed by atoms with Crippen molar-refractivity contribution in [1.82, 2.24) is 0 Å². The molecule has 1 aliphatic rings. The Hall–Kier alpha value is -2.95. The molecular weight excluding hydrogens is 306 g/mol. The van der Waals surface area contributed by atoms with Crippen molar-refractivity contribution >= 4 is 23.4 Å². The minimum atomic E-state index is -1.09. The van der Waals surface area contributed by atoms with Gasteiger partial charge in [0.05, 0.1) is 19.9 Å². The lowest BCUT2D eigenvalue weighted by atomic mass is 9.88. The molecule has 1 aliphatic carbocycles. The molecule has 0 atom stereocenters. The van der Waals surface area contributed by atoms with E-state index < -0.39 is 6.09 Å². The van der Waals surface area contributed by atoms with Crippen LogP contribution < -0.4 is 14.8 Å². The zero-order valence-electron chi connectivity index (χ0n) is 13.6. The van der Waals surface area contributed by atoms with E-state index in [0.29, 0.717) is 11.4 Å². The Kier molecular flexibility index (Phi) is 4.42. The van der Waals surface area contributed by atoms with Crippen molar-refractivity contribution in [1.29, 1.82) is 0 Å². The van der Waals surface area contributed by atoms with Gasteiger partial charge in [-0.05, 0) is 53.8 Å². The predicted octanol–water partition coefficient (Wildman–Crippen LogP) is 4.28. The lowest BCUT2D eigenvalue weighted by Gasteiger charge is -2.20. The first-order valence-electron chi connectivity index (χ1n) is 7.66. The highest BCUT2D eigenvalue weighted by Crippen LogP contribution is 2.36. The SMILES string of the molecule is COc1ccc2c(c1)CCC(c1ccc(OC)cc1NC(=O)O)=C2. The Bertz CT molecular complexity index is 811. The fraction of sp³-hybridized carbons (Fsp3) is 0.211. The molecule has 0 saturated heterocycles. The van der Waals surface area contributed by atoms with Crippen molar-refractivity contribution < 1.29 is 19.4 Å². The first-order valence-corrected chi connectivity index (χ1v) is 7.66. The van der Waals surface area contributed by atoms with E-state index in [4.69, 9.17) is 14.6 Å². The van der Waals surface area contributed by atoms with Crippen molar-refractivity contribution in [3.8, 4) is 11.5 Å². The predicted molar refractivity (Wildman–Crippen MR) is 93.8 cm³/mol. The molecule has 2 aromatic carbocycles. The first kappa shape index (κ1) is 15.9. The van der Waals surface area contributed by atoms with Crippen LogP contribution >= 0.6 is 0 Å². The van der Waals surface area contributed by atoms with E-state index in [1.165, 1.54) is 5.56 Å². The molecule has 0 radical (unpaired) electrons. The molecule has 1 amide bonds. The molecule has 2 aromatic rings. The van der Waals surface area contributed by atoms with E-state index in [9.17, 15) is 4.79 Å². The normalized spacial score (nSPS) is 12.8. The fourth-order valence-corrected chi connectivity index (χ4v) is 2.96. The summed E-state index contributed by atoms with van der Waals surface area (Å²) in [6.45, 7) is 0. The maximum absolute atomic E-state index is 11.1. The molecule has 0 heterocycles. The van der Waals surface area contributed by atoms with Crippen molar-refractivity contribution in [3.63, 3.8) is 0 Å². The van der Waals surface area contributed by atoms with Gasteiger partial charge in [-0.2, -0.15) is 0 Å². The Morgan fingerprint density at radius 2 is 1.75 bits per heavy atom. The Morgan fingerprint density at radius 3 is 2.46 bits per heavy atom. The standard InChI is InChI=1S/C19H19NO4/c1-23-15-6-5-12-9-14(4-3-13(12)10-15)17-8-7-16(24-2)11-18(17)20-19(21)22/h5-11,20H,3-4H2,1-2H3,(H,21,22). The molecule has 0 aromatic heterocycles. The van der Waals surface area contributed by atoms with Crippen molar-refractivity contribution in [2.75, 3.05) is 19.5 Å². The Morgan fingerprint density at radius 1 is 1.04 bits per heavy atom. The van der Waals surface area contributed by atoms with Crippen LogP contribution in [0.1, 0.15) is 23.1 Å². The van der Waals surface area contributed by atoms with Gasteiger partial charge in [0.25, 0.3) is 0 Å². The summed E-state index contributed by atoms with van der Waals surface area (Å²) in [5.74, 6) is 1.47. The summed E-state index contributed by atoms with van der Waals surface area (Å²) in [6, 6.07) is 11.4. The number of hydrogen-bond acceptors (Lipinski definition) is 3. The molecule has 0 spiro atoms. The van der Waals surface area contributed by atoms with Gasteiger partial charge in [0, 0.05) is 11.6 Å². The smallest absolute Gasteiger partial charge is 0.409 e. The number of fused-ring (bicyclic) bond motifs is 1. The number of ether oxygens (including phenoxy) is 2. The molecule has 0 fully saturated rings. The highest BCUT2D eigenvalue weighted by Gasteiger charge is 2.16. The largest absolute Gasteiger partial charge is 0.497 e. The zero-order valence-corrected chi connectivity index (χ0v) is 13.6. The third-order valence-electron chi connectivity index (χ3n) is 4.16. The maximum atomic E-state index is 11.1. The summed E-state index contributed by atoms with van der Waals surface area (Å²) in [5.41, 5.74) is 4.87. The quantitative estimate of drug-likeness (QED) is 0.880. The average Bonchev–Trinajstić information content (AvgIpc) is 2.60. The molecule has 124 valence electrons. The van der Waals surface area contributed by atoms with Gasteiger partial charge in [0.2, 0.25) is 0 Å². The topological polar surface area (TPSA) is 67.8 Å². The van der Waals surface area contributed by atoms with E-state index in [1.54, 1.807) is 20.3 Å². The van der Waals surface area contributed by atoms with Crippen LogP contribution in [0.2, 0.25) is 0 Å². The van der Waals surface area contributed by atoms with E-state index in [2.05, 4.69) is 11.4 Å². The van der Waals surface area contributed by atoms with Crippen LogP contribution in [0.3, 0.4) is 0 Å². The lowest BCUT2D eigenvalue weighted by Crippen LogP contribution is -2.10. The van der Waals surface area contributed by atoms with Gasteiger partial charge in [-0.1, -0.05) is 12.1 Å². The number of carboxylic acid groups (broad SMARTS) is 1. The molecule has 0 bridgehead atoms. The third kappa shape index (κ3) is 3.20. The maximum Gasteiger partial charge on any atom is 0.409 e. The van der Waals surface area contributed by atoms with Crippen LogP contribution in [-0.4, -0.2) is 25.4 Å². The molecule has 5 nitrogen and oxygen atoms in total. The summed E-state index contributed by atoms with van der Waals surface area (Å²) in [5, 5.41) is 11.5. The molecule has 2 N–H and O–H groups in total. The number of carbonyl (C=O) groups is 1. The van der Waals surface area contributed by atoms with Gasteiger partial charge >= 0.3 is 6.09 Å². The van der Waals surface area contributed by atoms with Crippen LogP contribution in [-0.2, 0) is 6.42 Å². The molecule has 0 saturated carbocycles. The highest BCUT2D eigenvalue weighted by atomic mass is 16.5. The molecule has 24 heavy (non-hydrogen) atoms. The number of hydrogen-bond donors (Lipinski definition) is 2. The zero-order chi connectivity index (χ0) is 17.1. The monoisotopic (exact) mass is 325 g/mol. The number of aryl methyl sites for hydroxylation is 1. The third-order valence-corrected chi connectivity index (χ3v) is 4.16. The molecule has 0 unspecified atom stereocenters. The first-order chi connectivity index (χ1) is 11.6. The molecule has 5 heteroatoms. The van der Waals surface area contributed by atoms with Crippen LogP contribution in [0.5, 0.6) is 11.5 Å². The van der Waals surface area contributed by atoms with E-state index in [0.717, 1.165) is 35.3 Å². The number of anilines is 1. The van der Waals surface area contributed by atoms with Gasteiger partial charge in [0.15, 0.2) is 0 Å². The van der Waals surface area contributed by atoms with E-state index in [1.807, 2.05) is 30.3 Å². The number of amides is 1. The molecule has 0 aliphatic heterocycles. The Balaban J connectivity index is 2.02. The number of methoxy groups -OCH3 is 2. The van der Waals surface area contributed by atoms with Crippen LogP contribution in [0.15, 0.2) is 36.4 Å². The van der Waals surface area contributed by atoms with Gasteiger partial charge in [0.1, 0.15) is 11.5 Å². The van der Waals surface area contributed by atoms with Gasteiger partial charge in [-0.15, -0.1) is 0 Å². The number of benzene rings is 2. The second-order valence-electron chi connectivity index (χ2n) is 5.58. The second-order valence-corrected chi connectivity index (χ2v) is 5.58. The minimum absolute atomic E-state index is 0.532. The number of rotatable bonds is 4. The lowest BCUT2D eigenvalue weighted by molar-refractivity contribution is 0.209. The van der Waals surface area contributed by atoms with Crippen LogP contribution in [0.25, 0.3) is 11.6 Å². The second kappa shape index (κ2) is 6.66. The van der Waals surface area contributed by atoms with Crippen LogP contribution in [0.4, 0.5) is 10.5 Å². The average molecular weight is 325 g/mol. The summed E-state index contributed by atoms with van der Waals surface area (Å²) in [7, 11) is 3.22. The van der Waals surface area contributed by atoms with Crippen molar-refractivity contribution in [3.05, 3.63) is 53.1 Å². The van der Waals surface area contributed by atoms with Gasteiger partial charge in [-0.3, -0.25) is 5.32 Å². The fourth-order valence-electron chi connectivity index (χ4n) is 2.96. The Labute approximate surface area is 140 Å². The number of nitrogens with one attached hydrogen (secondary N) is 1. The van der Waals surface area contributed by atoms with E-state index >= 15 is 0 Å². The highest BCUT2D eigenvalue weighted by molar-refractivity contribution is 5.94. The van der Waals surface area contributed by atoms with Crippen molar-refractivity contribution in [2.24, 2.45) is 0 Å².